The van der Waals surface area contributed by atoms with Gasteiger partial charge in [-0.25, -0.2) is 0 Å². The number of amides is 1. The van der Waals surface area contributed by atoms with E-state index in [1.165, 1.54) is 4.80 Å². The molecule has 0 aliphatic carbocycles. The molecule has 106 valence electrons. The second-order valence-corrected chi connectivity index (χ2v) is 4.69. The first-order chi connectivity index (χ1) is 9.63. The van der Waals surface area contributed by atoms with Gasteiger partial charge >= 0.3 is 0 Å². The zero-order valence-corrected chi connectivity index (χ0v) is 12.7. The van der Waals surface area contributed by atoms with Crippen LogP contribution in [-0.4, -0.2) is 32.7 Å². The van der Waals surface area contributed by atoms with E-state index in [9.17, 15) is 4.79 Å². The molecule has 0 saturated heterocycles. The monoisotopic (exact) mass is 339 g/mol. The van der Waals surface area contributed by atoms with Gasteiger partial charge in [0.05, 0.1) is 17.6 Å². The molecule has 2 rings (SSSR count). The van der Waals surface area contributed by atoms with E-state index >= 15 is 0 Å². The van der Waals surface area contributed by atoms with Gasteiger partial charge in [-0.3, -0.25) is 10.1 Å². The molecule has 0 spiro atoms. The fraction of sp³-hybridized carbons (Fsp3) is 0.333. The van der Waals surface area contributed by atoms with Gasteiger partial charge < -0.3 is 4.74 Å². The maximum atomic E-state index is 12.0. The summed E-state index contributed by atoms with van der Waals surface area (Å²) in [7, 11) is 0. The largest absolute Gasteiger partial charge is 0.493 e. The van der Waals surface area contributed by atoms with Crippen molar-refractivity contribution in [1.82, 2.24) is 20.2 Å². The van der Waals surface area contributed by atoms with Crippen molar-refractivity contribution in [1.29, 1.82) is 0 Å². The molecule has 1 heterocycles. The summed E-state index contributed by atoms with van der Waals surface area (Å²) >= 11 is 3.36. The molecule has 0 saturated carbocycles. The Morgan fingerprint density at radius 1 is 1.45 bits per heavy atom. The summed E-state index contributed by atoms with van der Waals surface area (Å²) in [5.41, 5.74) is 0.480. The molecular formula is C12H14BrN5O2. The summed E-state index contributed by atoms with van der Waals surface area (Å²) in [6, 6.07) is 5.10. The third-order valence-electron chi connectivity index (χ3n) is 2.45. The van der Waals surface area contributed by atoms with Crippen molar-refractivity contribution in [2.45, 2.75) is 20.4 Å². The lowest BCUT2D eigenvalue weighted by Crippen LogP contribution is -2.13. The molecule has 20 heavy (non-hydrogen) atoms. The number of rotatable bonds is 5. The zero-order valence-electron chi connectivity index (χ0n) is 11.1. The summed E-state index contributed by atoms with van der Waals surface area (Å²) in [6.45, 7) is 4.94. The van der Waals surface area contributed by atoms with Crippen LogP contribution in [0.1, 0.15) is 24.2 Å². The van der Waals surface area contributed by atoms with E-state index in [2.05, 4.69) is 36.7 Å². The molecule has 0 aliphatic rings. The van der Waals surface area contributed by atoms with Crippen molar-refractivity contribution in [2.75, 3.05) is 11.9 Å². The minimum atomic E-state index is -0.301. The van der Waals surface area contributed by atoms with Gasteiger partial charge in [-0.15, -0.1) is 5.10 Å². The summed E-state index contributed by atoms with van der Waals surface area (Å²) in [6.07, 6.45) is 0. The van der Waals surface area contributed by atoms with Crippen LogP contribution in [0.3, 0.4) is 0 Å². The molecule has 7 nitrogen and oxygen atoms in total. The van der Waals surface area contributed by atoms with Crippen molar-refractivity contribution in [3.8, 4) is 5.75 Å². The van der Waals surface area contributed by atoms with E-state index in [0.717, 1.165) is 4.47 Å². The fourth-order valence-corrected chi connectivity index (χ4v) is 2.01. The van der Waals surface area contributed by atoms with Gasteiger partial charge in [0.15, 0.2) is 0 Å². The lowest BCUT2D eigenvalue weighted by atomic mass is 10.2. The van der Waals surface area contributed by atoms with E-state index in [1.807, 2.05) is 13.8 Å². The van der Waals surface area contributed by atoms with Crippen molar-refractivity contribution >= 4 is 27.8 Å². The number of ether oxygens (including phenoxy) is 1. The number of hydrogen-bond acceptors (Lipinski definition) is 5. The number of carbonyl (C=O) groups excluding carboxylic acids is 1. The Morgan fingerprint density at radius 2 is 2.25 bits per heavy atom. The first kappa shape index (κ1) is 14.4. The number of nitrogens with one attached hydrogen (secondary N) is 1. The minimum absolute atomic E-state index is 0.182. The molecular weight excluding hydrogens is 326 g/mol. The average molecular weight is 340 g/mol. The number of aryl methyl sites for hydroxylation is 1. The quantitative estimate of drug-likeness (QED) is 0.901. The Labute approximate surface area is 124 Å². The number of benzene rings is 1. The van der Waals surface area contributed by atoms with Crippen LogP contribution in [0.4, 0.5) is 5.95 Å². The van der Waals surface area contributed by atoms with E-state index in [-0.39, 0.29) is 11.9 Å². The van der Waals surface area contributed by atoms with Crippen LogP contribution >= 0.6 is 15.9 Å². The Morgan fingerprint density at radius 3 is 2.85 bits per heavy atom. The van der Waals surface area contributed by atoms with Crippen molar-refractivity contribution in [3.63, 3.8) is 0 Å². The Bertz CT molecular complexity index is 614. The molecule has 1 amide bonds. The predicted molar refractivity (Wildman–Crippen MR) is 76.8 cm³/mol. The van der Waals surface area contributed by atoms with Crippen LogP contribution in [0.25, 0.3) is 0 Å². The standard InChI is InChI=1S/C12H14BrN5O2/c1-3-18-16-12(15-17-18)14-11(19)8-5-6-10(20-4-2)9(13)7-8/h5-7H,3-4H2,1-2H3,(H,14,16,19). The number of tetrazole rings is 1. The Balaban J connectivity index is 2.10. The molecule has 0 unspecified atom stereocenters. The van der Waals surface area contributed by atoms with Crippen LogP contribution in [0.2, 0.25) is 0 Å². The topological polar surface area (TPSA) is 81.9 Å². The molecule has 0 bridgehead atoms. The van der Waals surface area contributed by atoms with Gasteiger partial charge in [-0.1, -0.05) is 5.10 Å². The van der Waals surface area contributed by atoms with Gasteiger partial charge in [0.25, 0.3) is 11.9 Å². The third-order valence-corrected chi connectivity index (χ3v) is 3.07. The second kappa shape index (κ2) is 6.47. The highest BCUT2D eigenvalue weighted by molar-refractivity contribution is 9.10. The van der Waals surface area contributed by atoms with Gasteiger partial charge in [-0.2, -0.15) is 4.80 Å². The molecule has 1 aromatic heterocycles. The van der Waals surface area contributed by atoms with E-state index < -0.39 is 0 Å². The minimum Gasteiger partial charge on any atom is -0.493 e. The van der Waals surface area contributed by atoms with Gasteiger partial charge in [0, 0.05) is 5.56 Å². The third kappa shape index (κ3) is 3.32. The highest BCUT2D eigenvalue weighted by atomic mass is 79.9. The molecule has 0 aliphatic heterocycles. The zero-order chi connectivity index (χ0) is 14.5. The van der Waals surface area contributed by atoms with Crippen molar-refractivity contribution < 1.29 is 9.53 Å². The summed E-state index contributed by atoms with van der Waals surface area (Å²) in [5.74, 6) is 0.574. The molecule has 8 heteroatoms. The predicted octanol–water partition coefficient (Wildman–Crippen LogP) is 2.11. The number of hydrogen-bond donors (Lipinski definition) is 1. The number of anilines is 1. The fourth-order valence-electron chi connectivity index (χ4n) is 1.52. The lowest BCUT2D eigenvalue weighted by Gasteiger charge is -2.07. The first-order valence-corrected chi connectivity index (χ1v) is 6.94. The smallest absolute Gasteiger partial charge is 0.270 e. The maximum Gasteiger partial charge on any atom is 0.270 e. The number of carbonyl (C=O) groups is 1. The molecule has 0 atom stereocenters. The van der Waals surface area contributed by atoms with E-state index in [4.69, 9.17) is 4.74 Å². The van der Waals surface area contributed by atoms with Crippen molar-refractivity contribution in [2.24, 2.45) is 0 Å². The maximum absolute atomic E-state index is 12.0. The SMILES string of the molecule is CCOc1ccc(C(=O)Nc2nnn(CC)n2)cc1Br. The van der Waals surface area contributed by atoms with E-state index in [1.54, 1.807) is 18.2 Å². The van der Waals surface area contributed by atoms with Gasteiger partial charge in [0.2, 0.25) is 0 Å². The summed E-state index contributed by atoms with van der Waals surface area (Å²) < 4.78 is 6.11. The van der Waals surface area contributed by atoms with Crippen molar-refractivity contribution in [3.05, 3.63) is 28.2 Å². The van der Waals surface area contributed by atoms with Crippen LogP contribution < -0.4 is 10.1 Å². The Hall–Kier alpha value is -1.96. The van der Waals surface area contributed by atoms with Gasteiger partial charge in [0.1, 0.15) is 5.75 Å². The second-order valence-electron chi connectivity index (χ2n) is 3.83. The number of nitrogens with zero attached hydrogens (tertiary/aromatic N) is 4. The van der Waals surface area contributed by atoms with E-state index in [0.29, 0.717) is 24.5 Å². The average Bonchev–Trinajstić information content (AvgIpc) is 2.89. The highest BCUT2D eigenvalue weighted by Crippen LogP contribution is 2.26. The molecule has 0 radical (unpaired) electrons. The normalized spacial score (nSPS) is 10.3. The highest BCUT2D eigenvalue weighted by Gasteiger charge is 2.12. The first-order valence-electron chi connectivity index (χ1n) is 6.15. The summed E-state index contributed by atoms with van der Waals surface area (Å²) in [5, 5.41) is 14.1. The number of halogens is 1. The van der Waals surface area contributed by atoms with Gasteiger partial charge in [-0.05, 0) is 53.2 Å². The molecule has 2 aromatic rings. The van der Waals surface area contributed by atoms with Crippen LogP contribution in [0, 0.1) is 0 Å². The Kier molecular flexibility index (Phi) is 4.67. The number of aromatic nitrogens is 4. The van der Waals surface area contributed by atoms with Crippen LogP contribution in [-0.2, 0) is 6.54 Å². The van der Waals surface area contributed by atoms with Crippen LogP contribution in [0.15, 0.2) is 22.7 Å². The van der Waals surface area contributed by atoms with Crippen LogP contribution in [0.5, 0.6) is 5.75 Å². The molecule has 1 aromatic carbocycles. The molecule has 0 fully saturated rings. The summed E-state index contributed by atoms with van der Waals surface area (Å²) in [4.78, 5) is 13.4. The molecule has 1 N–H and O–H groups in total. The lowest BCUT2D eigenvalue weighted by molar-refractivity contribution is 0.102.